The largest absolute Gasteiger partial charge is 0.508 e. The Balaban J connectivity index is 1.82. The van der Waals surface area contributed by atoms with Crippen molar-refractivity contribution >= 4 is 22.2 Å². The Hall–Kier alpha value is -3.57. The van der Waals surface area contributed by atoms with Crippen molar-refractivity contribution in [2.75, 3.05) is 20.2 Å². The Morgan fingerprint density at radius 3 is 2.32 bits per heavy atom. The Bertz CT molecular complexity index is 1180. The first-order valence-corrected chi connectivity index (χ1v) is 10.4. The number of benzene rings is 3. The minimum atomic E-state index is 0.249. The van der Waals surface area contributed by atoms with E-state index in [1.165, 1.54) is 12.0 Å². The van der Waals surface area contributed by atoms with Gasteiger partial charge in [0.2, 0.25) is 0 Å². The number of aromatic hydroxyl groups is 1. The smallest absolute Gasteiger partial charge is 0.181 e. The molecule has 1 heterocycles. The molecule has 1 aromatic heterocycles. The van der Waals surface area contributed by atoms with E-state index < -0.39 is 0 Å². The van der Waals surface area contributed by atoms with Gasteiger partial charge in [0.25, 0.3) is 0 Å². The van der Waals surface area contributed by atoms with Gasteiger partial charge in [0, 0.05) is 6.54 Å². The molecule has 5 heteroatoms. The Morgan fingerprint density at radius 1 is 0.968 bits per heavy atom. The first-order chi connectivity index (χ1) is 15.2. The number of allylic oxidation sites excluding steroid dienone is 1. The predicted octanol–water partition coefficient (Wildman–Crippen LogP) is 5.50. The Kier molecular flexibility index (Phi) is 6.34. The zero-order valence-electron chi connectivity index (χ0n) is 17.8. The highest BCUT2D eigenvalue weighted by Crippen LogP contribution is 2.36. The molecule has 158 valence electrons. The summed E-state index contributed by atoms with van der Waals surface area (Å²) >= 11 is 0. The van der Waals surface area contributed by atoms with E-state index in [0.29, 0.717) is 6.61 Å². The third-order valence-corrected chi connectivity index (χ3v) is 5.25. The van der Waals surface area contributed by atoms with Crippen LogP contribution in [0.15, 0.2) is 77.5 Å². The van der Waals surface area contributed by atoms with Gasteiger partial charge >= 0.3 is 0 Å². The molecule has 4 aromatic rings. The van der Waals surface area contributed by atoms with Crippen molar-refractivity contribution < 1.29 is 14.3 Å². The van der Waals surface area contributed by atoms with Gasteiger partial charge in [-0.25, -0.2) is 4.98 Å². The number of aromatic nitrogens is 1. The number of fused-ring (bicyclic) bond motifs is 1. The number of hydrogen-bond donors (Lipinski definition) is 2. The third kappa shape index (κ3) is 4.62. The maximum atomic E-state index is 9.80. The van der Waals surface area contributed by atoms with Crippen LogP contribution in [-0.2, 0) is 0 Å². The van der Waals surface area contributed by atoms with E-state index in [4.69, 9.17) is 9.15 Å². The average Bonchev–Trinajstić information content (AvgIpc) is 3.27. The Labute approximate surface area is 182 Å². The quantitative estimate of drug-likeness (QED) is 0.294. The minimum Gasteiger partial charge on any atom is -0.508 e. The molecule has 2 N–H and O–H groups in total. The number of oxazole rings is 1. The average molecular weight is 415 g/mol. The zero-order valence-corrected chi connectivity index (χ0v) is 17.8. The summed E-state index contributed by atoms with van der Waals surface area (Å²) in [4.78, 5) is 4.32. The van der Waals surface area contributed by atoms with Crippen molar-refractivity contribution in [1.29, 1.82) is 0 Å². The van der Waals surface area contributed by atoms with Gasteiger partial charge in [-0.15, -0.1) is 0 Å². The molecule has 0 aliphatic heterocycles. The van der Waals surface area contributed by atoms with Crippen molar-refractivity contribution in [3.05, 3.63) is 89.8 Å². The van der Waals surface area contributed by atoms with Gasteiger partial charge in [-0.3, -0.25) is 0 Å². The monoisotopic (exact) mass is 414 g/mol. The van der Waals surface area contributed by atoms with Crippen molar-refractivity contribution in [2.45, 2.75) is 13.3 Å². The second kappa shape index (κ2) is 9.49. The van der Waals surface area contributed by atoms with Crippen LogP contribution in [0.2, 0.25) is 0 Å². The summed E-state index contributed by atoms with van der Waals surface area (Å²) in [5.41, 5.74) is 7.14. The van der Waals surface area contributed by atoms with Crippen LogP contribution in [0.25, 0.3) is 22.2 Å². The van der Waals surface area contributed by atoms with Gasteiger partial charge in [0.1, 0.15) is 23.6 Å². The maximum absolute atomic E-state index is 9.80. The van der Waals surface area contributed by atoms with Gasteiger partial charge in [-0.05, 0) is 77.7 Å². The molecule has 5 nitrogen and oxygen atoms in total. The van der Waals surface area contributed by atoms with E-state index in [-0.39, 0.29) is 5.75 Å². The Morgan fingerprint density at radius 2 is 1.65 bits per heavy atom. The minimum absolute atomic E-state index is 0.249. The highest BCUT2D eigenvalue weighted by molar-refractivity contribution is 5.99. The van der Waals surface area contributed by atoms with Crippen molar-refractivity contribution in [1.82, 2.24) is 10.3 Å². The topological polar surface area (TPSA) is 67.5 Å². The second-order valence-corrected chi connectivity index (χ2v) is 7.27. The van der Waals surface area contributed by atoms with E-state index >= 15 is 0 Å². The fraction of sp³-hybridized carbons (Fsp3) is 0.192. The molecule has 0 saturated heterocycles. The van der Waals surface area contributed by atoms with Crippen molar-refractivity contribution in [3.8, 4) is 11.5 Å². The number of phenols is 1. The lowest BCUT2D eigenvalue weighted by Gasteiger charge is -2.17. The first-order valence-electron chi connectivity index (χ1n) is 10.4. The van der Waals surface area contributed by atoms with Crippen LogP contribution in [0.4, 0.5) is 0 Å². The summed E-state index contributed by atoms with van der Waals surface area (Å²) in [5.74, 6) is 1.09. The number of ether oxygens (including phenoxy) is 1. The molecule has 4 rings (SSSR count). The van der Waals surface area contributed by atoms with Crippen LogP contribution in [-0.4, -0.2) is 30.3 Å². The summed E-state index contributed by atoms with van der Waals surface area (Å²) < 4.78 is 11.2. The van der Waals surface area contributed by atoms with E-state index in [1.54, 1.807) is 12.1 Å². The summed E-state index contributed by atoms with van der Waals surface area (Å²) in [5, 5.41) is 12.9. The molecule has 0 atom stereocenters. The highest BCUT2D eigenvalue weighted by atomic mass is 16.5. The molecule has 0 fully saturated rings. The number of rotatable bonds is 8. The normalized spacial score (nSPS) is 12.1. The molecule has 0 saturated carbocycles. The van der Waals surface area contributed by atoms with Crippen LogP contribution >= 0.6 is 0 Å². The van der Waals surface area contributed by atoms with Crippen LogP contribution in [0.5, 0.6) is 11.5 Å². The van der Waals surface area contributed by atoms with Gasteiger partial charge < -0.3 is 19.6 Å². The SMILES string of the molecule is CC/C(=C(/c1ccc(O)cc1)c1ccc(OCCNC)cc1)c1ccc2ocnc2c1. The molecular weight excluding hydrogens is 388 g/mol. The maximum Gasteiger partial charge on any atom is 0.181 e. The molecule has 0 unspecified atom stereocenters. The summed E-state index contributed by atoms with van der Waals surface area (Å²) in [6, 6.07) is 21.6. The van der Waals surface area contributed by atoms with Crippen LogP contribution in [0.1, 0.15) is 30.0 Å². The van der Waals surface area contributed by atoms with Gasteiger partial charge in [0.15, 0.2) is 12.0 Å². The van der Waals surface area contributed by atoms with Crippen LogP contribution in [0.3, 0.4) is 0 Å². The number of hydrogen-bond acceptors (Lipinski definition) is 5. The van der Waals surface area contributed by atoms with Crippen LogP contribution < -0.4 is 10.1 Å². The van der Waals surface area contributed by atoms with E-state index in [0.717, 1.165) is 52.1 Å². The number of phenolic OH excluding ortho intramolecular Hbond substituents is 1. The molecular formula is C26H26N2O3. The van der Waals surface area contributed by atoms with Crippen LogP contribution in [0, 0.1) is 0 Å². The summed E-state index contributed by atoms with van der Waals surface area (Å²) in [6.45, 7) is 3.57. The van der Waals surface area contributed by atoms with Gasteiger partial charge in [-0.1, -0.05) is 37.3 Å². The van der Waals surface area contributed by atoms with Crippen molar-refractivity contribution in [3.63, 3.8) is 0 Å². The molecule has 0 aliphatic carbocycles. The third-order valence-electron chi connectivity index (χ3n) is 5.25. The number of likely N-dealkylation sites (N-methyl/N-ethyl adjacent to an activating group) is 1. The van der Waals surface area contributed by atoms with E-state index in [1.807, 2.05) is 37.4 Å². The standard InChI is InChI=1S/C26H26N2O3/c1-3-23(20-8-13-25-24(16-20)28-17-31-25)26(18-4-9-21(29)10-5-18)19-6-11-22(12-7-19)30-15-14-27-2/h4-13,16-17,27,29H,3,14-15H2,1-2H3/b26-23+. The summed E-state index contributed by atoms with van der Waals surface area (Å²) in [7, 11) is 1.91. The summed E-state index contributed by atoms with van der Waals surface area (Å²) in [6.07, 6.45) is 2.30. The molecule has 3 aromatic carbocycles. The first kappa shape index (κ1) is 20.7. The molecule has 0 bridgehead atoms. The second-order valence-electron chi connectivity index (χ2n) is 7.27. The van der Waals surface area contributed by atoms with Crippen molar-refractivity contribution in [2.24, 2.45) is 0 Å². The molecule has 0 amide bonds. The van der Waals surface area contributed by atoms with E-state index in [9.17, 15) is 5.11 Å². The molecule has 0 spiro atoms. The molecule has 0 aliphatic rings. The fourth-order valence-electron chi connectivity index (χ4n) is 3.70. The zero-order chi connectivity index (χ0) is 21.6. The molecule has 0 radical (unpaired) electrons. The predicted molar refractivity (Wildman–Crippen MR) is 124 cm³/mol. The highest BCUT2D eigenvalue weighted by Gasteiger charge is 2.14. The lowest BCUT2D eigenvalue weighted by atomic mass is 9.88. The van der Waals surface area contributed by atoms with Gasteiger partial charge in [0.05, 0.1) is 0 Å². The number of nitrogens with one attached hydrogen (secondary N) is 1. The van der Waals surface area contributed by atoms with Gasteiger partial charge in [-0.2, -0.15) is 0 Å². The lowest BCUT2D eigenvalue weighted by Crippen LogP contribution is -2.15. The fourth-order valence-corrected chi connectivity index (χ4v) is 3.70. The molecule has 31 heavy (non-hydrogen) atoms. The number of nitrogens with zero attached hydrogens (tertiary/aromatic N) is 1. The van der Waals surface area contributed by atoms with E-state index in [2.05, 4.69) is 41.5 Å². The lowest BCUT2D eigenvalue weighted by molar-refractivity contribution is 0.318.